The predicted octanol–water partition coefficient (Wildman–Crippen LogP) is 5.73. The van der Waals surface area contributed by atoms with Crippen LogP contribution in [0.5, 0.6) is 0 Å². The Morgan fingerprint density at radius 1 is 1.26 bits per heavy atom. The van der Waals surface area contributed by atoms with Crippen molar-refractivity contribution < 1.29 is 0 Å². The van der Waals surface area contributed by atoms with Crippen LogP contribution in [-0.4, -0.2) is 6.54 Å². The Kier molecular flexibility index (Phi) is 4.66. The first-order chi connectivity index (χ1) is 11.2. The van der Waals surface area contributed by atoms with Gasteiger partial charge in [-0.25, -0.2) is 0 Å². The number of fused-ring (bicyclic) bond motifs is 1. The average molecular weight is 303 g/mol. The van der Waals surface area contributed by atoms with E-state index in [1.165, 1.54) is 33.5 Å². The van der Waals surface area contributed by atoms with Gasteiger partial charge in [0.2, 0.25) is 0 Å². The molecule has 0 aromatic heterocycles. The Morgan fingerprint density at radius 3 is 2.87 bits per heavy atom. The third-order valence-electron chi connectivity index (χ3n) is 4.78. The van der Waals surface area contributed by atoms with Gasteiger partial charge in [0.15, 0.2) is 0 Å². The standard InChI is InChI=1S/C22H25N/c1-4-18(20-12-11-19-13-14-23-22(19)15-20)10-9-17(3)21-8-6-5-7-16(21)2/h4-8,10-12,15,17,23H,1,9,13-14H2,2-3H3/b18-10-. The fourth-order valence-electron chi connectivity index (χ4n) is 3.36. The number of benzene rings is 2. The summed E-state index contributed by atoms with van der Waals surface area (Å²) in [5, 5.41) is 3.46. The molecule has 1 heteroatoms. The molecular weight excluding hydrogens is 278 g/mol. The molecule has 0 aliphatic carbocycles. The average Bonchev–Trinajstić information content (AvgIpc) is 3.03. The molecule has 1 aliphatic rings. The van der Waals surface area contributed by atoms with Crippen LogP contribution in [0.1, 0.15) is 41.5 Å². The van der Waals surface area contributed by atoms with Gasteiger partial charge in [-0.2, -0.15) is 0 Å². The van der Waals surface area contributed by atoms with E-state index in [0.29, 0.717) is 5.92 Å². The van der Waals surface area contributed by atoms with E-state index < -0.39 is 0 Å². The second kappa shape index (κ2) is 6.87. The Bertz CT molecular complexity index is 739. The van der Waals surface area contributed by atoms with Gasteiger partial charge in [-0.3, -0.25) is 0 Å². The summed E-state index contributed by atoms with van der Waals surface area (Å²) in [6.07, 6.45) is 6.45. The van der Waals surface area contributed by atoms with Gasteiger partial charge in [-0.1, -0.05) is 62.1 Å². The van der Waals surface area contributed by atoms with E-state index in [2.05, 4.69) is 74.3 Å². The molecule has 0 fully saturated rings. The summed E-state index contributed by atoms with van der Waals surface area (Å²) in [6.45, 7) is 9.55. The molecule has 3 rings (SSSR count). The monoisotopic (exact) mass is 303 g/mol. The predicted molar refractivity (Wildman–Crippen MR) is 101 cm³/mol. The number of hydrogen-bond acceptors (Lipinski definition) is 1. The molecule has 1 atom stereocenters. The number of hydrogen-bond donors (Lipinski definition) is 1. The summed E-state index contributed by atoms with van der Waals surface area (Å²) in [4.78, 5) is 0. The quantitative estimate of drug-likeness (QED) is 0.696. The van der Waals surface area contributed by atoms with Crippen molar-refractivity contribution in [2.75, 3.05) is 11.9 Å². The molecule has 0 saturated heterocycles. The van der Waals surface area contributed by atoms with Crippen LogP contribution in [-0.2, 0) is 6.42 Å². The highest BCUT2D eigenvalue weighted by atomic mass is 14.9. The van der Waals surface area contributed by atoms with E-state index in [9.17, 15) is 0 Å². The highest BCUT2D eigenvalue weighted by Gasteiger charge is 2.11. The van der Waals surface area contributed by atoms with E-state index in [1.54, 1.807) is 0 Å². The Hall–Kier alpha value is -2.28. The maximum Gasteiger partial charge on any atom is 0.0379 e. The fraction of sp³-hybridized carbons (Fsp3) is 0.273. The van der Waals surface area contributed by atoms with Crippen LogP contribution in [0.25, 0.3) is 5.57 Å². The van der Waals surface area contributed by atoms with Crippen molar-refractivity contribution in [3.8, 4) is 0 Å². The highest BCUT2D eigenvalue weighted by Crippen LogP contribution is 2.29. The molecule has 1 nitrogen and oxygen atoms in total. The SMILES string of the molecule is C=C/C(=C/CC(C)c1ccccc1C)c1ccc2c(c1)NCC2. The lowest BCUT2D eigenvalue weighted by Crippen LogP contribution is -1.95. The minimum atomic E-state index is 0.513. The number of aryl methyl sites for hydroxylation is 1. The van der Waals surface area contributed by atoms with Gasteiger partial charge < -0.3 is 5.32 Å². The van der Waals surface area contributed by atoms with E-state index >= 15 is 0 Å². The van der Waals surface area contributed by atoms with Gasteiger partial charge in [-0.05, 0) is 59.6 Å². The molecule has 0 saturated carbocycles. The van der Waals surface area contributed by atoms with Crippen LogP contribution < -0.4 is 5.32 Å². The molecule has 0 spiro atoms. The van der Waals surface area contributed by atoms with Crippen molar-refractivity contribution in [2.24, 2.45) is 0 Å². The van der Waals surface area contributed by atoms with E-state index in [4.69, 9.17) is 0 Å². The third kappa shape index (κ3) is 3.39. The summed E-state index contributed by atoms with van der Waals surface area (Å²) in [5.41, 5.74) is 7.98. The summed E-state index contributed by atoms with van der Waals surface area (Å²) in [5.74, 6) is 0.513. The smallest absolute Gasteiger partial charge is 0.0379 e. The zero-order chi connectivity index (χ0) is 16.2. The van der Waals surface area contributed by atoms with Crippen molar-refractivity contribution >= 4 is 11.3 Å². The molecule has 118 valence electrons. The lowest BCUT2D eigenvalue weighted by molar-refractivity contribution is 0.775. The first kappa shape index (κ1) is 15.6. The molecule has 0 radical (unpaired) electrons. The minimum absolute atomic E-state index is 0.513. The number of rotatable bonds is 5. The lowest BCUT2D eigenvalue weighted by atomic mass is 9.92. The summed E-state index contributed by atoms with van der Waals surface area (Å²) in [7, 11) is 0. The zero-order valence-electron chi connectivity index (χ0n) is 14.1. The van der Waals surface area contributed by atoms with Crippen LogP contribution in [0.3, 0.4) is 0 Å². The molecule has 1 heterocycles. The van der Waals surface area contributed by atoms with Gasteiger partial charge in [0.05, 0.1) is 0 Å². The molecule has 0 bridgehead atoms. The van der Waals surface area contributed by atoms with Crippen molar-refractivity contribution in [3.05, 3.63) is 83.4 Å². The lowest BCUT2D eigenvalue weighted by Gasteiger charge is -2.13. The fourth-order valence-corrected chi connectivity index (χ4v) is 3.36. The maximum absolute atomic E-state index is 4.01. The molecule has 23 heavy (non-hydrogen) atoms. The summed E-state index contributed by atoms with van der Waals surface area (Å²) >= 11 is 0. The third-order valence-corrected chi connectivity index (χ3v) is 4.78. The zero-order valence-corrected chi connectivity index (χ0v) is 14.1. The van der Waals surface area contributed by atoms with Crippen LogP contribution in [0.2, 0.25) is 0 Å². The van der Waals surface area contributed by atoms with E-state index in [-0.39, 0.29) is 0 Å². The Labute approximate surface area is 139 Å². The minimum Gasteiger partial charge on any atom is -0.384 e. The molecule has 1 N–H and O–H groups in total. The molecular formula is C22H25N. The summed E-state index contributed by atoms with van der Waals surface area (Å²) in [6, 6.07) is 15.4. The Morgan fingerprint density at radius 2 is 2.09 bits per heavy atom. The van der Waals surface area contributed by atoms with E-state index in [0.717, 1.165) is 19.4 Å². The summed E-state index contributed by atoms with van der Waals surface area (Å²) < 4.78 is 0. The topological polar surface area (TPSA) is 12.0 Å². The number of anilines is 1. The van der Waals surface area contributed by atoms with Crippen molar-refractivity contribution in [1.29, 1.82) is 0 Å². The van der Waals surface area contributed by atoms with Crippen LogP contribution in [0, 0.1) is 6.92 Å². The van der Waals surface area contributed by atoms with Gasteiger partial charge in [0.25, 0.3) is 0 Å². The van der Waals surface area contributed by atoms with Crippen LogP contribution >= 0.6 is 0 Å². The van der Waals surface area contributed by atoms with Crippen molar-refractivity contribution in [1.82, 2.24) is 0 Å². The normalized spacial score (nSPS) is 15.0. The maximum atomic E-state index is 4.01. The van der Waals surface area contributed by atoms with Gasteiger partial charge >= 0.3 is 0 Å². The molecule has 0 amide bonds. The largest absolute Gasteiger partial charge is 0.384 e. The molecule has 1 aliphatic heterocycles. The Balaban J connectivity index is 1.79. The second-order valence-corrected chi connectivity index (χ2v) is 6.41. The van der Waals surface area contributed by atoms with Gasteiger partial charge in [0, 0.05) is 12.2 Å². The van der Waals surface area contributed by atoms with E-state index in [1.807, 2.05) is 6.08 Å². The highest BCUT2D eigenvalue weighted by molar-refractivity contribution is 5.77. The first-order valence-corrected chi connectivity index (χ1v) is 8.44. The number of allylic oxidation sites excluding steroid dienone is 3. The molecule has 1 unspecified atom stereocenters. The molecule has 2 aromatic rings. The molecule has 2 aromatic carbocycles. The van der Waals surface area contributed by atoms with Crippen molar-refractivity contribution in [2.45, 2.75) is 32.6 Å². The van der Waals surface area contributed by atoms with Crippen LogP contribution in [0.4, 0.5) is 5.69 Å². The van der Waals surface area contributed by atoms with Gasteiger partial charge in [0.1, 0.15) is 0 Å². The van der Waals surface area contributed by atoms with Crippen LogP contribution in [0.15, 0.2) is 61.2 Å². The second-order valence-electron chi connectivity index (χ2n) is 6.41. The first-order valence-electron chi connectivity index (χ1n) is 8.44. The van der Waals surface area contributed by atoms with Gasteiger partial charge in [-0.15, -0.1) is 0 Å². The number of nitrogens with one attached hydrogen (secondary N) is 1. The van der Waals surface area contributed by atoms with Crippen molar-refractivity contribution in [3.63, 3.8) is 0 Å².